The van der Waals surface area contributed by atoms with E-state index in [2.05, 4.69) is 4.99 Å². The highest BCUT2D eigenvalue weighted by Crippen LogP contribution is 2.62. The van der Waals surface area contributed by atoms with Gasteiger partial charge in [-0.1, -0.05) is 0 Å². The van der Waals surface area contributed by atoms with Gasteiger partial charge in [0.15, 0.2) is 11.7 Å². The van der Waals surface area contributed by atoms with Crippen LogP contribution in [-0.2, 0) is 14.4 Å². The second kappa shape index (κ2) is 7.13. The lowest BCUT2D eigenvalue weighted by Gasteiger charge is -2.58. The third-order valence-electron chi connectivity index (χ3n) is 8.35. The molecule has 3 amide bonds. The molecule has 4 aliphatic carbocycles. The normalized spacial score (nSPS) is 37.3. The van der Waals surface area contributed by atoms with Crippen LogP contribution in [0.25, 0.3) is 0 Å². The van der Waals surface area contributed by atoms with Crippen LogP contribution < -0.4 is 11.5 Å². The molecule has 6 rings (SSSR count). The summed E-state index contributed by atoms with van der Waals surface area (Å²) in [5.41, 5.74) is 11.8. The van der Waals surface area contributed by atoms with Crippen molar-refractivity contribution < 1.29 is 18.9 Å². The SMILES string of the molecule is CN(C)C(=O)C(CC12CC3CC(CC(C3)C1)C2)[N+]12C=C(C(N)=O)N=C1C=CC=C2C(N)=O. The van der Waals surface area contributed by atoms with E-state index in [1.54, 1.807) is 43.4 Å². The number of hydrogen-bond acceptors (Lipinski definition) is 4. The summed E-state index contributed by atoms with van der Waals surface area (Å²) in [6.45, 7) is 0. The number of likely N-dealkylation sites (N-methyl/N-ethyl adjacent to an activating group) is 1. The van der Waals surface area contributed by atoms with E-state index in [9.17, 15) is 14.4 Å². The number of rotatable bonds is 6. The van der Waals surface area contributed by atoms with Crippen molar-refractivity contribution in [3.8, 4) is 0 Å². The zero-order valence-electron chi connectivity index (χ0n) is 18.8. The number of carbonyl (C=O) groups is 3. The largest absolute Gasteiger partial charge is 0.364 e. The maximum Gasteiger partial charge on any atom is 0.303 e. The molecule has 170 valence electrons. The van der Waals surface area contributed by atoms with Gasteiger partial charge in [-0.25, -0.2) is 0 Å². The van der Waals surface area contributed by atoms with Gasteiger partial charge in [-0.2, -0.15) is 9.48 Å². The van der Waals surface area contributed by atoms with Crippen LogP contribution in [0.5, 0.6) is 0 Å². The topological polar surface area (TPSA) is 119 Å². The fourth-order valence-corrected chi connectivity index (χ4v) is 7.65. The zero-order chi connectivity index (χ0) is 22.8. The van der Waals surface area contributed by atoms with Gasteiger partial charge in [0.05, 0.1) is 0 Å². The van der Waals surface area contributed by atoms with Crippen LogP contribution >= 0.6 is 0 Å². The Morgan fingerprint density at radius 3 is 2.19 bits per heavy atom. The van der Waals surface area contributed by atoms with Gasteiger partial charge in [-0.05, 0) is 67.8 Å². The van der Waals surface area contributed by atoms with E-state index in [1.165, 1.54) is 19.3 Å². The molecule has 0 aromatic rings. The molecule has 4 saturated carbocycles. The molecule has 2 unspecified atom stereocenters. The molecule has 2 heterocycles. The molecular weight excluding hydrogens is 406 g/mol. The highest BCUT2D eigenvalue weighted by Gasteiger charge is 2.59. The van der Waals surface area contributed by atoms with Crippen LogP contribution in [-0.4, -0.2) is 53.1 Å². The molecule has 0 aromatic heterocycles. The average molecular weight is 439 g/mol. The number of nitrogens with zero attached hydrogens (tertiary/aromatic N) is 3. The summed E-state index contributed by atoms with van der Waals surface area (Å²) < 4.78 is -0.247. The number of hydrogen-bond donors (Lipinski definition) is 2. The van der Waals surface area contributed by atoms with E-state index in [-0.39, 0.29) is 27.2 Å². The van der Waals surface area contributed by atoms with Crippen LogP contribution in [0.1, 0.15) is 44.9 Å². The fourth-order valence-electron chi connectivity index (χ4n) is 7.65. The smallest absolute Gasteiger partial charge is 0.303 e. The van der Waals surface area contributed by atoms with Gasteiger partial charge in [0.2, 0.25) is 11.5 Å². The first-order chi connectivity index (χ1) is 15.1. The summed E-state index contributed by atoms with van der Waals surface area (Å²) in [6.07, 6.45) is 14.6. The first-order valence-electron chi connectivity index (χ1n) is 11.5. The molecule has 0 spiro atoms. The molecule has 8 nitrogen and oxygen atoms in total. The number of amidine groups is 1. The van der Waals surface area contributed by atoms with Gasteiger partial charge < -0.3 is 16.4 Å². The van der Waals surface area contributed by atoms with E-state index >= 15 is 0 Å². The fraction of sp³-hybridized carbons (Fsp3) is 0.583. The predicted molar refractivity (Wildman–Crippen MR) is 119 cm³/mol. The van der Waals surface area contributed by atoms with Gasteiger partial charge in [0.1, 0.15) is 6.20 Å². The maximum atomic E-state index is 13.8. The standard InChI is InChI=1S/C24H31N5O3/c1-28(2)23(32)19(12-24-9-14-6-15(10-24)8-16(7-14)11-24)29-13-17(21(25)30)27-20(29)5-3-4-18(29)22(26)31/h3-5,13-16,19H,6-12H2,1-2H3,(H3-,25,26,30,31)/p+1. The number of allylic oxidation sites excluding steroid dienone is 2. The third kappa shape index (κ3) is 3.07. The Bertz CT molecular complexity index is 985. The number of fused-ring (bicyclic) bond motifs is 1. The Labute approximate surface area is 188 Å². The molecule has 0 saturated heterocycles. The molecule has 2 atom stereocenters. The molecule has 0 radical (unpaired) electrons. The van der Waals surface area contributed by atoms with Crippen LogP contribution in [0, 0.1) is 23.2 Å². The number of amides is 3. The van der Waals surface area contributed by atoms with Crippen LogP contribution in [0.15, 0.2) is 40.8 Å². The average Bonchev–Trinajstić information content (AvgIpc) is 3.11. The zero-order valence-corrected chi connectivity index (χ0v) is 18.8. The Kier molecular flexibility index (Phi) is 4.71. The molecule has 4 bridgehead atoms. The van der Waals surface area contributed by atoms with Crippen molar-refractivity contribution in [2.45, 2.75) is 51.0 Å². The minimum absolute atomic E-state index is 0.0563. The molecule has 32 heavy (non-hydrogen) atoms. The third-order valence-corrected chi connectivity index (χ3v) is 8.35. The molecule has 0 aromatic carbocycles. The minimum atomic E-state index is -0.688. The van der Waals surface area contributed by atoms with E-state index in [0.717, 1.165) is 37.0 Å². The lowest BCUT2D eigenvalue weighted by Crippen LogP contribution is -2.63. The van der Waals surface area contributed by atoms with E-state index < -0.39 is 17.9 Å². The van der Waals surface area contributed by atoms with Crippen LogP contribution in [0.2, 0.25) is 0 Å². The van der Waals surface area contributed by atoms with Crippen molar-refractivity contribution in [2.24, 2.45) is 39.6 Å². The Balaban J connectivity index is 1.64. The summed E-state index contributed by atoms with van der Waals surface area (Å²) in [5.74, 6) is 1.21. The first-order valence-corrected chi connectivity index (χ1v) is 11.5. The first kappa shape index (κ1) is 21.1. The van der Waals surface area contributed by atoms with Crippen molar-refractivity contribution in [3.63, 3.8) is 0 Å². The van der Waals surface area contributed by atoms with E-state index in [1.807, 2.05) is 0 Å². The van der Waals surface area contributed by atoms with Crippen molar-refractivity contribution in [1.29, 1.82) is 0 Å². The van der Waals surface area contributed by atoms with E-state index in [4.69, 9.17) is 11.5 Å². The summed E-state index contributed by atoms with van der Waals surface area (Å²) in [6, 6.07) is -0.638. The predicted octanol–water partition coefficient (Wildman–Crippen LogP) is 1.54. The number of nitrogens with two attached hydrogens (primary N) is 2. The molecule has 2 aliphatic heterocycles. The lowest BCUT2D eigenvalue weighted by atomic mass is 9.48. The van der Waals surface area contributed by atoms with Gasteiger partial charge in [0, 0.05) is 32.7 Å². The molecule has 4 fully saturated rings. The number of primary amides is 2. The van der Waals surface area contributed by atoms with Gasteiger partial charge in [0.25, 0.3) is 11.8 Å². The Morgan fingerprint density at radius 1 is 1.09 bits per heavy atom. The second-order valence-electron chi connectivity index (χ2n) is 10.8. The quantitative estimate of drug-likeness (QED) is 0.612. The molecule has 6 aliphatic rings. The number of aliphatic imine (C=N–C) groups is 1. The molecule has 4 N–H and O–H groups in total. The van der Waals surface area contributed by atoms with Gasteiger partial charge in [-0.15, -0.1) is 0 Å². The summed E-state index contributed by atoms with van der Waals surface area (Å²) in [5, 5.41) is 0. The van der Waals surface area contributed by atoms with Crippen molar-refractivity contribution in [1.82, 2.24) is 4.90 Å². The number of carbonyl (C=O) groups excluding carboxylic acids is 3. The van der Waals surface area contributed by atoms with Crippen LogP contribution in [0.3, 0.4) is 0 Å². The maximum absolute atomic E-state index is 13.8. The molecule has 8 heteroatoms. The van der Waals surface area contributed by atoms with Crippen molar-refractivity contribution in [3.05, 3.63) is 35.8 Å². The summed E-state index contributed by atoms with van der Waals surface area (Å²) in [7, 11) is 3.46. The van der Waals surface area contributed by atoms with Gasteiger partial charge in [-0.3, -0.25) is 14.4 Å². The minimum Gasteiger partial charge on any atom is -0.364 e. The molecular formula is C24H32N5O3+. The highest BCUT2D eigenvalue weighted by atomic mass is 16.2. The lowest BCUT2D eigenvalue weighted by molar-refractivity contribution is -0.760. The monoisotopic (exact) mass is 438 g/mol. The highest BCUT2D eigenvalue weighted by molar-refractivity contribution is 6.05. The Morgan fingerprint density at radius 2 is 1.69 bits per heavy atom. The van der Waals surface area contributed by atoms with Crippen LogP contribution in [0.4, 0.5) is 0 Å². The Hall–Kier alpha value is -2.74. The van der Waals surface area contributed by atoms with Gasteiger partial charge >= 0.3 is 5.91 Å². The van der Waals surface area contributed by atoms with Crippen molar-refractivity contribution in [2.75, 3.05) is 14.1 Å². The second-order valence-corrected chi connectivity index (χ2v) is 10.8. The van der Waals surface area contributed by atoms with Crippen molar-refractivity contribution >= 4 is 23.6 Å². The summed E-state index contributed by atoms with van der Waals surface area (Å²) in [4.78, 5) is 44.5. The van der Waals surface area contributed by atoms with E-state index in [0.29, 0.717) is 12.3 Å². The number of quaternary nitrogens is 1. The summed E-state index contributed by atoms with van der Waals surface area (Å²) >= 11 is 0.